The smallest absolute Gasteiger partial charge is 0.259 e. The molecule has 3 nitrogen and oxygen atoms in total. The van der Waals surface area contributed by atoms with Crippen molar-refractivity contribution >= 4 is 39.9 Å². The predicted octanol–water partition coefficient (Wildman–Crippen LogP) is 3.29. The molecule has 0 radical (unpaired) electrons. The van der Waals surface area contributed by atoms with Crippen molar-refractivity contribution in [2.45, 2.75) is 0 Å². The molecule has 0 saturated carbocycles. The molecular formula is C14H12FIN2O. The molecule has 2 aromatic carbocycles. The molecule has 1 amide bonds. The monoisotopic (exact) mass is 370 g/mol. The van der Waals surface area contributed by atoms with Gasteiger partial charge in [-0.25, -0.2) is 4.39 Å². The lowest BCUT2D eigenvalue weighted by molar-refractivity contribution is 0.0992. The zero-order chi connectivity index (χ0) is 14.0. The molecule has 0 aromatic heterocycles. The van der Waals surface area contributed by atoms with Gasteiger partial charge in [0.25, 0.3) is 5.91 Å². The summed E-state index contributed by atoms with van der Waals surface area (Å²) in [5, 5.41) is 0. The summed E-state index contributed by atoms with van der Waals surface area (Å²) in [4.78, 5) is 13.8. The molecule has 0 aliphatic rings. The van der Waals surface area contributed by atoms with Crippen molar-refractivity contribution in [2.24, 2.45) is 0 Å². The summed E-state index contributed by atoms with van der Waals surface area (Å²) in [6, 6.07) is 11.2. The number of hydrogen-bond acceptors (Lipinski definition) is 2. The highest BCUT2D eigenvalue weighted by Gasteiger charge is 2.16. The van der Waals surface area contributed by atoms with Gasteiger partial charge >= 0.3 is 0 Å². The Labute approximate surface area is 124 Å². The highest BCUT2D eigenvalue weighted by molar-refractivity contribution is 14.1. The average Bonchev–Trinajstić information content (AvgIpc) is 2.37. The van der Waals surface area contributed by atoms with E-state index in [1.807, 2.05) is 22.6 Å². The number of benzene rings is 2. The molecular weight excluding hydrogens is 358 g/mol. The van der Waals surface area contributed by atoms with Crippen molar-refractivity contribution in [3.8, 4) is 0 Å². The molecule has 0 bridgehead atoms. The molecule has 0 fully saturated rings. The van der Waals surface area contributed by atoms with Crippen LogP contribution in [0.25, 0.3) is 0 Å². The second-order valence-electron chi connectivity index (χ2n) is 4.08. The van der Waals surface area contributed by atoms with E-state index < -0.39 is 0 Å². The molecule has 2 rings (SSSR count). The summed E-state index contributed by atoms with van der Waals surface area (Å²) in [6.07, 6.45) is 0. The van der Waals surface area contributed by atoms with Crippen LogP contribution in [0.2, 0.25) is 0 Å². The Morgan fingerprint density at radius 1 is 1.26 bits per heavy atom. The predicted molar refractivity (Wildman–Crippen MR) is 82.7 cm³/mol. The maximum Gasteiger partial charge on any atom is 0.259 e. The number of carbonyl (C=O) groups is 1. The van der Waals surface area contributed by atoms with E-state index >= 15 is 0 Å². The van der Waals surface area contributed by atoms with Gasteiger partial charge in [0, 0.05) is 22.0 Å². The molecule has 0 aliphatic carbocycles. The van der Waals surface area contributed by atoms with Crippen LogP contribution in [0.4, 0.5) is 15.8 Å². The number of halogens is 2. The van der Waals surface area contributed by atoms with Crippen LogP contribution < -0.4 is 10.6 Å². The van der Waals surface area contributed by atoms with Crippen LogP contribution in [0, 0.1) is 9.39 Å². The maximum absolute atomic E-state index is 13.0. The van der Waals surface area contributed by atoms with E-state index in [1.165, 1.54) is 23.1 Å². The van der Waals surface area contributed by atoms with Crippen molar-refractivity contribution in [3.05, 3.63) is 57.4 Å². The summed E-state index contributed by atoms with van der Waals surface area (Å²) in [7, 11) is 1.66. The Bertz CT molecular complexity index is 631. The third-order valence-electron chi connectivity index (χ3n) is 2.72. The molecule has 0 aliphatic heterocycles. The van der Waals surface area contributed by atoms with E-state index in [0.717, 1.165) is 0 Å². The normalized spacial score (nSPS) is 10.3. The molecule has 19 heavy (non-hydrogen) atoms. The zero-order valence-electron chi connectivity index (χ0n) is 10.2. The van der Waals surface area contributed by atoms with Crippen LogP contribution in [0.1, 0.15) is 10.4 Å². The molecule has 0 unspecified atom stereocenters. The van der Waals surface area contributed by atoms with Crippen LogP contribution in [-0.4, -0.2) is 13.0 Å². The fourth-order valence-electron chi connectivity index (χ4n) is 1.69. The van der Waals surface area contributed by atoms with E-state index in [9.17, 15) is 9.18 Å². The van der Waals surface area contributed by atoms with E-state index in [0.29, 0.717) is 20.5 Å². The van der Waals surface area contributed by atoms with E-state index in [-0.39, 0.29) is 11.7 Å². The number of nitrogen functional groups attached to an aromatic ring is 1. The van der Waals surface area contributed by atoms with Gasteiger partial charge in [0.1, 0.15) is 5.82 Å². The van der Waals surface area contributed by atoms with Crippen LogP contribution >= 0.6 is 22.6 Å². The average molecular weight is 370 g/mol. The van der Waals surface area contributed by atoms with Gasteiger partial charge in [-0.15, -0.1) is 0 Å². The number of rotatable bonds is 2. The zero-order valence-corrected chi connectivity index (χ0v) is 12.4. The van der Waals surface area contributed by atoms with Gasteiger partial charge in [0.2, 0.25) is 0 Å². The first-order chi connectivity index (χ1) is 8.99. The first-order valence-corrected chi connectivity index (χ1v) is 6.65. The van der Waals surface area contributed by atoms with Crippen LogP contribution in [0.15, 0.2) is 42.5 Å². The number of amides is 1. The van der Waals surface area contributed by atoms with Crippen molar-refractivity contribution in [1.29, 1.82) is 0 Å². The van der Waals surface area contributed by atoms with E-state index in [2.05, 4.69) is 0 Å². The fraction of sp³-hybridized carbons (Fsp3) is 0.0714. The van der Waals surface area contributed by atoms with Gasteiger partial charge in [-0.05, 0) is 59.0 Å². The lowest BCUT2D eigenvalue weighted by Crippen LogP contribution is -2.27. The quantitative estimate of drug-likeness (QED) is 0.652. The number of hydrogen-bond donors (Lipinski definition) is 1. The van der Waals surface area contributed by atoms with Gasteiger partial charge < -0.3 is 10.6 Å². The summed E-state index contributed by atoms with van der Waals surface area (Å²) in [5.74, 6) is -0.553. The van der Waals surface area contributed by atoms with Crippen LogP contribution in [0.5, 0.6) is 0 Å². The van der Waals surface area contributed by atoms with Crippen molar-refractivity contribution < 1.29 is 9.18 Å². The lowest BCUT2D eigenvalue weighted by Gasteiger charge is -2.18. The number of nitrogens with two attached hydrogens (primary N) is 1. The highest BCUT2D eigenvalue weighted by Crippen LogP contribution is 2.21. The third kappa shape index (κ3) is 3.04. The van der Waals surface area contributed by atoms with Gasteiger partial charge in [0.15, 0.2) is 0 Å². The van der Waals surface area contributed by atoms with E-state index in [1.54, 1.807) is 31.3 Å². The Balaban J connectivity index is 2.33. The van der Waals surface area contributed by atoms with Gasteiger partial charge in [0.05, 0.1) is 5.56 Å². The minimum Gasteiger partial charge on any atom is -0.399 e. The summed E-state index contributed by atoms with van der Waals surface area (Å²) >= 11 is 1.95. The second kappa shape index (κ2) is 5.56. The number of nitrogens with zero attached hydrogens (tertiary/aromatic N) is 1. The molecule has 2 N–H and O–H groups in total. The van der Waals surface area contributed by atoms with Crippen molar-refractivity contribution in [1.82, 2.24) is 0 Å². The standard InChI is InChI=1S/C14H12FIN2O/c1-18(11-4-2-3-10(17)8-11)14(19)12-6-5-9(15)7-13(12)16/h2-8H,17H2,1H3. The van der Waals surface area contributed by atoms with Crippen LogP contribution in [0.3, 0.4) is 0 Å². The Kier molecular flexibility index (Phi) is 4.04. The summed E-state index contributed by atoms with van der Waals surface area (Å²) in [5.41, 5.74) is 7.45. The minimum atomic E-state index is -0.354. The summed E-state index contributed by atoms with van der Waals surface area (Å²) < 4.78 is 13.6. The van der Waals surface area contributed by atoms with Crippen molar-refractivity contribution in [3.63, 3.8) is 0 Å². The number of carbonyl (C=O) groups excluding carboxylic acids is 1. The number of anilines is 2. The molecule has 0 heterocycles. The van der Waals surface area contributed by atoms with E-state index in [4.69, 9.17) is 5.73 Å². The largest absolute Gasteiger partial charge is 0.399 e. The lowest BCUT2D eigenvalue weighted by atomic mass is 10.2. The Hall–Kier alpha value is -1.63. The first kappa shape index (κ1) is 13.8. The molecule has 0 saturated heterocycles. The molecule has 0 atom stereocenters. The first-order valence-electron chi connectivity index (χ1n) is 5.57. The second-order valence-corrected chi connectivity index (χ2v) is 5.25. The Morgan fingerprint density at radius 3 is 2.63 bits per heavy atom. The minimum absolute atomic E-state index is 0.199. The molecule has 0 spiro atoms. The maximum atomic E-state index is 13.0. The third-order valence-corrected chi connectivity index (χ3v) is 3.62. The SMILES string of the molecule is CN(C(=O)c1ccc(F)cc1I)c1cccc(N)c1. The van der Waals surface area contributed by atoms with Crippen molar-refractivity contribution in [2.75, 3.05) is 17.7 Å². The topological polar surface area (TPSA) is 46.3 Å². The molecule has 2 aromatic rings. The van der Waals surface area contributed by atoms with Gasteiger partial charge in [-0.3, -0.25) is 4.79 Å². The fourth-order valence-corrected chi connectivity index (χ4v) is 2.40. The van der Waals surface area contributed by atoms with Gasteiger partial charge in [-0.1, -0.05) is 6.07 Å². The molecule has 98 valence electrons. The van der Waals surface area contributed by atoms with Crippen LogP contribution in [-0.2, 0) is 0 Å². The molecule has 5 heteroatoms. The summed E-state index contributed by atoms with van der Waals surface area (Å²) in [6.45, 7) is 0. The van der Waals surface area contributed by atoms with Gasteiger partial charge in [-0.2, -0.15) is 0 Å². The Morgan fingerprint density at radius 2 is 2.00 bits per heavy atom. The highest BCUT2D eigenvalue weighted by atomic mass is 127.